The number of hydrogen-bond donors (Lipinski definition) is 2. The molecule has 7 nitrogen and oxygen atoms in total. The number of carbonyl (C=O) groups is 2. The van der Waals surface area contributed by atoms with Crippen LogP contribution in [0.1, 0.15) is 34.3 Å². The first-order chi connectivity index (χ1) is 14.0. The number of carboxylic acids is 1. The fourth-order valence-electron chi connectivity index (χ4n) is 3.05. The molecule has 0 radical (unpaired) electrons. The average Bonchev–Trinajstić information content (AvgIpc) is 3.23. The lowest BCUT2D eigenvalue weighted by Crippen LogP contribution is -2.24. The van der Waals surface area contributed by atoms with Gasteiger partial charge in [0, 0.05) is 24.3 Å². The monoisotopic (exact) mass is 399 g/mol. The smallest absolute Gasteiger partial charge is 0.341 e. The van der Waals surface area contributed by atoms with Gasteiger partial charge >= 0.3 is 5.97 Å². The second-order valence-electron chi connectivity index (χ2n) is 6.95. The minimum atomic E-state index is -1.07. The largest absolute Gasteiger partial charge is 0.491 e. The van der Waals surface area contributed by atoms with Gasteiger partial charge in [0.1, 0.15) is 18.1 Å². The van der Waals surface area contributed by atoms with Crippen molar-refractivity contribution in [3.63, 3.8) is 0 Å². The molecule has 29 heavy (non-hydrogen) atoms. The van der Waals surface area contributed by atoms with E-state index in [0.717, 1.165) is 36.3 Å². The van der Waals surface area contributed by atoms with Gasteiger partial charge in [-0.3, -0.25) is 4.79 Å². The van der Waals surface area contributed by atoms with E-state index >= 15 is 0 Å². The molecule has 1 unspecified atom stereocenters. The zero-order chi connectivity index (χ0) is 20.6. The van der Waals surface area contributed by atoms with Gasteiger partial charge < -0.3 is 24.6 Å². The Morgan fingerprint density at radius 2 is 2.07 bits per heavy atom. The number of aliphatic carboxylic acids is 1. The van der Waals surface area contributed by atoms with Crippen LogP contribution in [-0.2, 0) is 16.1 Å². The van der Waals surface area contributed by atoms with Crippen molar-refractivity contribution in [2.24, 2.45) is 0 Å². The molecule has 1 saturated heterocycles. The molecule has 1 heterocycles. The van der Waals surface area contributed by atoms with Gasteiger partial charge in [-0.1, -0.05) is 18.2 Å². The van der Waals surface area contributed by atoms with E-state index < -0.39 is 12.6 Å². The molecule has 0 spiro atoms. The van der Waals surface area contributed by atoms with Gasteiger partial charge in [0.25, 0.3) is 5.91 Å². The number of amides is 1. The Kier molecular flexibility index (Phi) is 7.08. The van der Waals surface area contributed by atoms with Crippen molar-refractivity contribution in [1.82, 2.24) is 5.32 Å². The standard InChI is InChI=1S/C22H25NO6/c1-15-7-8-17(20(10-15)29-13-19-6-3-9-27-19)12-23-22(26)16-4-2-5-18(11-16)28-14-21(24)25/h2,4-5,7-8,10-11,19H,3,6,9,12-14H2,1H3,(H,23,26)(H,24,25). The van der Waals surface area contributed by atoms with Crippen LogP contribution in [0.25, 0.3) is 0 Å². The number of carbonyl (C=O) groups excluding carboxylic acids is 1. The summed E-state index contributed by atoms with van der Waals surface area (Å²) >= 11 is 0. The zero-order valence-electron chi connectivity index (χ0n) is 16.3. The molecule has 0 aromatic heterocycles. The van der Waals surface area contributed by atoms with Crippen molar-refractivity contribution in [1.29, 1.82) is 0 Å². The molecule has 1 aliphatic heterocycles. The minimum absolute atomic E-state index is 0.117. The van der Waals surface area contributed by atoms with Gasteiger partial charge in [-0.15, -0.1) is 0 Å². The van der Waals surface area contributed by atoms with E-state index in [1.807, 2.05) is 25.1 Å². The van der Waals surface area contributed by atoms with E-state index in [4.69, 9.17) is 19.3 Å². The Morgan fingerprint density at radius 3 is 2.83 bits per heavy atom. The molecule has 1 atom stereocenters. The molecular formula is C22H25NO6. The summed E-state index contributed by atoms with van der Waals surface area (Å²) in [5, 5.41) is 11.6. The van der Waals surface area contributed by atoms with Crippen LogP contribution >= 0.6 is 0 Å². The molecule has 1 amide bonds. The number of nitrogens with one attached hydrogen (secondary N) is 1. The summed E-state index contributed by atoms with van der Waals surface area (Å²) in [5.74, 6) is -0.290. The lowest BCUT2D eigenvalue weighted by atomic mass is 10.1. The van der Waals surface area contributed by atoms with Crippen LogP contribution in [0, 0.1) is 6.92 Å². The van der Waals surface area contributed by atoms with E-state index in [-0.39, 0.29) is 12.0 Å². The highest BCUT2D eigenvalue weighted by atomic mass is 16.5. The van der Waals surface area contributed by atoms with E-state index in [9.17, 15) is 9.59 Å². The molecular weight excluding hydrogens is 374 g/mol. The van der Waals surface area contributed by atoms with Gasteiger partial charge in [0.15, 0.2) is 6.61 Å². The van der Waals surface area contributed by atoms with E-state index in [2.05, 4.69) is 5.32 Å². The number of benzene rings is 2. The van der Waals surface area contributed by atoms with Crippen LogP contribution in [0.2, 0.25) is 0 Å². The molecule has 7 heteroatoms. The maximum atomic E-state index is 12.5. The van der Waals surface area contributed by atoms with Crippen molar-refractivity contribution in [3.05, 3.63) is 59.2 Å². The summed E-state index contributed by atoms with van der Waals surface area (Å²) < 4.78 is 16.7. The van der Waals surface area contributed by atoms with Gasteiger partial charge in [0.05, 0.1) is 6.10 Å². The van der Waals surface area contributed by atoms with Crippen molar-refractivity contribution in [2.45, 2.75) is 32.4 Å². The fourth-order valence-corrected chi connectivity index (χ4v) is 3.05. The molecule has 2 N–H and O–H groups in total. The topological polar surface area (TPSA) is 94.1 Å². The van der Waals surface area contributed by atoms with Crippen LogP contribution in [0.5, 0.6) is 11.5 Å². The molecule has 1 aliphatic rings. The second kappa shape index (κ2) is 9.93. The maximum absolute atomic E-state index is 12.5. The Labute approximate surface area is 169 Å². The Hall–Kier alpha value is -3.06. The summed E-state index contributed by atoms with van der Waals surface area (Å²) in [6, 6.07) is 12.3. The third-order valence-electron chi connectivity index (χ3n) is 4.57. The third kappa shape index (κ3) is 6.22. The highest BCUT2D eigenvalue weighted by molar-refractivity contribution is 5.94. The molecule has 2 aromatic rings. The van der Waals surface area contributed by atoms with Crippen LogP contribution in [0.15, 0.2) is 42.5 Å². The van der Waals surface area contributed by atoms with E-state index in [1.165, 1.54) is 6.07 Å². The first-order valence-electron chi connectivity index (χ1n) is 9.58. The summed E-state index contributed by atoms with van der Waals surface area (Å²) in [7, 11) is 0. The van der Waals surface area contributed by atoms with E-state index in [1.54, 1.807) is 18.2 Å². The second-order valence-corrected chi connectivity index (χ2v) is 6.95. The fraction of sp³-hybridized carbons (Fsp3) is 0.364. The summed E-state index contributed by atoms with van der Waals surface area (Å²) in [6.07, 6.45) is 2.17. The predicted octanol–water partition coefficient (Wildman–Crippen LogP) is 2.95. The first kappa shape index (κ1) is 20.7. The SMILES string of the molecule is Cc1ccc(CNC(=O)c2cccc(OCC(=O)O)c2)c(OCC2CCCO2)c1. The number of rotatable bonds is 9. The molecule has 0 bridgehead atoms. The predicted molar refractivity (Wildman–Crippen MR) is 106 cm³/mol. The molecule has 154 valence electrons. The Morgan fingerprint density at radius 1 is 1.21 bits per heavy atom. The van der Waals surface area contributed by atoms with Crippen molar-refractivity contribution in [3.8, 4) is 11.5 Å². The lowest BCUT2D eigenvalue weighted by molar-refractivity contribution is -0.139. The number of aryl methyl sites for hydroxylation is 1. The molecule has 2 aromatic carbocycles. The summed E-state index contributed by atoms with van der Waals surface area (Å²) in [4.78, 5) is 23.1. The average molecular weight is 399 g/mol. The number of carboxylic acid groups (broad SMARTS) is 1. The summed E-state index contributed by atoms with van der Waals surface area (Å²) in [6.45, 7) is 3.11. The molecule has 0 aliphatic carbocycles. The molecule has 0 saturated carbocycles. The van der Waals surface area contributed by atoms with Crippen LogP contribution in [0.3, 0.4) is 0 Å². The number of ether oxygens (including phenoxy) is 3. The van der Waals surface area contributed by atoms with Crippen molar-refractivity contribution < 1.29 is 28.9 Å². The van der Waals surface area contributed by atoms with Crippen molar-refractivity contribution in [2.75, 3.05) is 19.8 Å². The highest BCUT2D eigenvalue weighted by Crippen LogP contribution is 2.22. The van der Waals surface area contributed by atoms with Gasteiger partial charge in [-0.2, -0.15) is 0 Å². The molecule has 1 fully saturated rings. The van der Waals surface area contributed by atoms with Crippen LogP contribution in [-0.4, -0.2) is 42.9 Å². The molecule has 3 rings (SSSR count). The lowest BCUT2D eigenvalue weighted by Gasteiger charge is -2.16. The van der Waals surface area contributed by atoms with Crippen LogP contribution in [0.4, 0.5) is 0 Å². The van der Waals surface area contributed by atoms with Gasteiger partial charge in [-0.05, 0) is 49.6 Å². The Bertz CT molecular complexity index is 860. The number of hydrogen-bond acceptors (Lipinski definition) is 5. The zero-order valence-corrected chi connectivity index (χ0v) is 16.3. The third-order valence-corrected chi connectivity index (χ3v) is 4.57. The van der Waals surface area contributed by atoms with Crippen LogP contribution < -0.4 is 14.8 Å². The first-order valence-corrected chi connectivity index (χ1v) is 9.58. The summed E-state index contributed by atoms with van der Waals surface area (Å²) in [5.41, 5.74) is 2.34. The van der Waals surface area contributed by atoms with Gasteiger partial charge in [0.2, 0.25) is 0 Å². The Balaban J connectivity index is 1.60. The maximum Gasteiger partial charge on any atom is 0.341 e. The minimum Gasteiger partial charge on any atom is -0.491 e. The quantitative estimate of drug-likeness (QED) is 0.673. The van der Waals surface area contributed by atoms with Crippen molar-refractivity contribution >= 4 is 11.9 Å². The van der Waals surface area contributed by atoms with E-state index in [0.29, 0.717) is 24.5 Å². The highest BCUT2D eigenvalue weighted by Gasteiger charge is 2.17. The normalized spacial score (nSPS) is 15.7. The van der Waals surface area contributed by atoms with Gasteiger partial charge in [-0.25, -0.2) is 4.79 Å².